The van der Waals surface area contributed by atoms with E-state index in [4.69, 9.17) is 21.0 Å². The Balaban J connectivity index is -0.000000376. The molecule has 0 aliphatic rings. The Hall–Kier alpha value is 0.638. The fourth-order valence-electron chi connectivity index (χ4n) is 7.06. The van der Waals surface area contributed by atoms with E-state index < -0.39 is 0 Å². The zero-order valence-electron chi connectivity index (χ0n) is 38.0. The molecule has 58 heavy (non-hydrogen) atoms. The first-order chi connectivity index (χ1) is 27.2. The van der Waals surface area contributed by atoms with Crippen molar-refractivity contribution in [3.05, 3.63) is 34.4 Å². The summed E-state index contributed by atoms with van der Waals surface area (Å²) >= 11 is -0.372. The zero-order chi connectivity index (χ0) is 42.2. The van der Waals surface area contributed by atoms with Gasteiger partial charge in [0.1, 0.15) is 0 Å². The second-order valence-electron chi connectivity index (χ2n) is 15.2. The first-order valence-corrected chi connectivity index (χ1v) is 30.4. The third-order valence-electron chi connectivity index (χ3n) is 10.6. The maximum Gasteiger partial charge on any atom is -1.00 e. The first-order valence-electron chi connectivity index (χ1n) is 22.1. The van der Waals surface area contributed by atoms with Gasteiger partial charge < -0.3 is 56.9 Å². The normalized spacial score (nSPS) is 10.6. The second-order valence-corrected chi connectivity index (χ2v) is 21.6. The van der Waals surface area contributed by atoms with Crippen LogP contribution in [0.15, 0.2) is 12.1 Å². The number of nitriles is 4. The van der Waals surface area contributed by atoms with Crippen LogP contribution < -0.4 is 48.0 Å². The van der Waals surface area contributed by atoms with Crippen molar-refractivity contribution in [2.45, 2.75) is 179 Å². The number of unbranched alkanes of at least 4 members (excludes halogenated alkanes) is 8. The number of halogens is 2. The zero-order valence-corrected chi connectivity index (χ0v) is 49.2. The van der Waals surface area contributed by atoms with E-state index >= 15 is 0 Å². The van der Waals surface area contributed by atoms with Gasteiger partial charge in [0.2, 0.25) is 0 Å². The van der Waals surface area contributed by atoms with Gasteiger partial charge in [-0.3, -0.25) is 0 Å². The average molecular weight is 1290 g/mol. The minimum atomic E-state index is -0.0931. The van der Waals surface area contributed by atoms with Gasteiger partial charge in [-0.05, 0) is 51.4 Å². The molecule has 0 heterocycles. The molecular weight excluding hydrogens is 1210 g/mol. The SMILES string of the molecule is CCCC[N+](CCCC)(CCCC)CCCC.CCCC[N+](CCCC)(CCCC)CCCC.N#C[Se]Cc1cc(C[Se]C#N)c(C[Se]C#N)cc1C[Se]C#N.[I-].[I-]. The molecule has 0 saturated heterocycles. The van der Waals surface area contributed by atoms with E-state index in [2.05, 4.69) is 87.4 Å². The van der Waals surface area contributed by atoms with Crippen molar-refractivity contribution in [2.75, 3.05) is 52.4 Å². The molecule has 1 aromatic rings. The Morgan fingerprint density at radius 1 is 0.345 bits per heavy atom. The fourth-order valence-corrected chi connectivity index (χ4v) is 11.2. The topological polar surface area (TPSA) is 95.2 Å². The fraction of sp³-hybridized carbons (Fsp3) is 0.783. The predicted molar refractivity (Wildman–Crippen MR) is 245 cm³/mol. The summed E-state index contributed by atoms with van der Waals surface area (Å²) < 4.78 is 2.84. The van der Waals surface area contributed by atoms with Crippen molar-refractivity contribution in [1.29, 1.82) is 21.0 Å². The van der Waals surface area contributed by atoms with E-state index in [0.717, 1.165) is 43.5 Å². The van der Waals surface area contributed by atoms with Gasteiger partial charge in [-0.25, -0.2) is 0 Å². The van der Waals surface area contributed by atoms with Gasteiger partial charge in [0, 0.05) is 0 Å². The maximum atomic E-state index is 8.83. The standard InChI is InChI=1S/2C16H36N.C14H10N4Se4.2HI/c2*1-5-9-13-17(14-10-6-2,15-11-7-3)16-12-8-4;15-7-19-3-11-1-12(4-20-8-16)14(6-22-10-18)2-13(11)5-21-9-17;;/h2*5-16H2,1-4H3;1-2H,3-6H2;2*1H/q2*+1;;;/p-2. The summed E-state index contributed by atoms with van der Waals surface area (Å²) in [6, 6.07) is 4.23. The Morgan fingerprint density at radius 2 is 0.500 bits per heavy atom. The summed E-state index contributed by atoms with van der Waals surface area (Å²) in [5.41, 5.74) is 4.59. The summed E-state index contributed by atoms with van der Waals surface area (Å²) in [6.45, 7) is 30.0. The van der Waals surface area contributed by atoms with Crippen LogP contribution in [0, 0.1) is 40.9 Å². The minimum absolute atomic E-state index is 0. The summed E-state index contributed by atoms with van der Waals surface area (Å²) in [7, 11) is 0. The van der Waals surface area contributed by atoms with Crippen LogP contribution in [0.5, 0.6) is 0 Å². The number of nitrogens with zero attached hydrogens (tertiary/aromatic N) is 6. The number of benzene rings is 1. The number of rotatable bonds is 32. The van der Waals surface area contributed by atoms with Gasteiger partial charge in [-0.2, -0.15) is 0 Å². The largest absolute Gasteiger partial charge is 1.00 e. The summed E-state index contributed by atoms with van der Waals surface area (Å²) in [6.07, 6.45) is 22.1. The number of quaternary nitrogens is 2. The van der Waals surface area contributed by atoms with Crippen LogP contribution >= 0.6 is 0 Å². The molecule has 0 fully saturated rings. The Labute approximate surface area is 419 Å². The third-order valence-corrected chi connectivity index (χ3v) is 15.5. The molecule has 1 aromatic carbocycles. The van der Waals surface area contributed by atoms with Crippen LogP contribution in [0.1, 0.15) is 180 Å². The maximum absolute atomic E-state index is 8.83. The predicted octanol–water partition coefficient (Wildman–Crippen LogP) is 4.44. The van der Waals surface area contributed by atoms with E-state index in [1.807, 2.05) is 0 Å². The van der Waals surface area contributed by atoms with Crippen LogP contribution in [0.3, 0.4) is 0 Å². The van der Waals surface area contributed by atoms with Crippen molar-refractivity contribution in [1.82, 2.24) is 0 Å². The molecule has 0 bridgehead atoms. The molecule has 0 radical (unpaired) electrons. The molecule has 1 rings (SSSR count). The molecule has 0 amide bonds. The Kier molecular flexibility index (Phi) is 53.0. The molecule has 0 N–H and O–H groups in total. The van der Waals surface area contributed by atoms with E-state index in [0.29, 0.717) is 0 Å². The van der Waals surface area contributed by atoms with Crippen LogP contribution in [-0.2, 0) is 21.3 Å². The monoisotopic (exact) mass is 1290 g/mol. The Bertz CT molecular complexity index is 1030. The van der Waals surface area contributed by atoms with Crippen molar-refractivity contribution >= 4 is 59.8 Å². The van der Waals surface area contributed by atoms with E-state index in [1.165, 1.54) is 164 Å². The molecular formula is C46H82I2N6Se4. The van der Waals surface area contributed by atoms with E-state index in [1.54, 1.807) is 0 Å². The molecule has 0 unspecified atom stereocenters. The minimum Gasteiger partial charge on any atom is -1.00 e. The molecule has 0 atom stereocenters. The van der Waals surface area contributed by atoms with Crippen molar-refractivity contribution in [3.8, 4) is 19.9 Å². The molecule has 0 aromatic heterocycles. The van der Waals surface area contributed by atoms with Crippen molar-refractivity contribution in [3.63, 3.8) is 0 Å². The van der Waals surface area contributed by atoms with Crippen LogP contribution in [0.2, 0.25) is 0 Å². The van der Waals surface area contributed by atoms with Gasteiger partial charge >= 0.3 is 156 Å². The smallest absolute Gasteiger partial charge is 1.00 e. The summed E-state index contributed by atoms with van der Waals surface area (Å²) in [5.74, 6) is 0. The quantitative estimate of drug-likeness (QED) is 0.0607. The van der Waals surface area contributed by atoms with E-state index in [9.17, 15) is 0 Å². The third kappa shape index (κ3) is 33.2. The van der Waals surface area contributed by atoms with E-state index in [-0.39, 0.29) is 108 Å². The number of hydrogen-bond acceptors (Lipinski definition) is 4. The second kappa shape index (κ2) is 47.1. The van der Waals surface area contributed by atoms with Gasteiger partial charge in [-0.1, -0.05) is 107 Å². The van der Waals surface area contributed by atoms with Crippen LogP contribution in [0.4, 0.5) is 0 Å². The van der Waals surface area contributed by atoms with Gasteiger partial charge in [0.15, 0.2) is 0 Å². The molecule has 0 spiro atoms. The van der Waals surface area contributed by atoms with Gasteiger partial charge in [0.05, 0.1) is 52.4 Å². The summed E-state index contributed by atoms with van der Waals surface area (Å²) in [5, 5.41) is 38.3. The van der Waals surface area contributed by atoms with Crippen molar-refractivity contribution in [2.24, 2.45) is 0 Å². The van der Waals surface area contributed by atoms with Crippen LogP contribution in [0.25, 0.3) is 0 Å². The van der Waals surface area contributed by atoms with Gasteiger partial charge in [0.25, 0.3) is 0 Å². The Morgan fingerprint density at radius 3 is 0.621 bits per heavy atom. The molecule has 0 aliphatic heterocycles. The first kappa shape index (κ1) is 65.3. The number of hydrogen-bond donors (Lipinski definition) is 0. The summed E-state index contributed by atoms with van der Waals surface area (Å²) in [4.78, 5) is 8.90. The molecule has 0 saturated carbocycles. The molecule has 0 aliphatic carbocycles. The molecule has 334 valence electrons. The molecule has 12 heteroatoms. The average Bonchev–Trinajstić information content (AvgIpc) is 3.23. The van der Waals surface area contributed by atoms with Crippen molar-refractivity contribution < 1.29 is 56.9 Å². The van der Waals surface area contributed by atoms with Crippen LogP contribution in [-0.4, -0.2) is 121 Å². The van der Waals surface area contributed by atoms with Gasteiger partial charge in [-0.15, -0.1) is 0 Å². The molecule has 6 nitrogen and oxygen atoms in total.